The van der Waals surface area contributed by atoms with Gasteiger partial charge in [0.1, 0.15) is 30.0 Å². The van der Waals surface area contributed by atoms with Gasteiger partial charge in [-0.1, -0.05) is 42.5 Å². The van der Waals surface area contributed by atoms with Crippen LogP contribution in [-0.4, -0.2) is 64.8 Å². The lowest BCUT2D eigenvalue weighted by Crippen LogP contribution is -2.53. The summed E-state index contributed by atoms with van der Waals surface area (Å²) < 4.78 is 10.7. The number of benzene rings is 2. The first kappa shape index (κ1) is 33.2. The van der Waals surface area contributed by atoms with Gasteiger partial charge in [-0.15, -0.1) is 0 Å². The summed E-state index contributed by atoms with van der Waals surface area (Å²) in [6.07, 6.45) is 0.580. The predicted molar refractivity (Wildman–Crippen MR) is 161 cm³/mol. The third-order valence-electron chi connectivity index (χ3n) is 6.99. The number of hydrogen-bond donors (Lipinski definition) is 4. The van der Waals surface area contributed by atoms with Crippen molar-refractivity contribution in [2.45, 2.75) is 91.1 Å². The maximum atomic E-state index is 13.3. The molecule has 2 unspecified atom stereocenters. The molecular weight excluding hydrogens is 552 g/mol. The molecule has 234 valence electrons. The van der Waals surface area contributed by atoms with E-state index in [1.54, 1.807) is 46.8 Å². The van der Waals surface area contributed by atoms with Gasteiger partial charge >= 0.3 is 12.2 Å². The zero-order valence-corrected chi connectivity index (χ0v) is 25.7. The normalized spacial score (nSPS) is 15.4. The highest BCUT2D eigenvalue weighted by molar-refractivity contribution is 5.91. The van der Waals surface area contributed by atoms with Crippen LogP contribution >= 0.6 is 0 Å². The van der Waals surface area contributed by atoms with Crippen molar-refractivity contribution in [2.24, 2.45) is 0 Å². The summed E-state index contributed by atoms with van der Waals surface area (Å²) in [5, 5.41) is 18.4. The number of phenolic OH excluding ortho intramolecular Hbond substituents is 1. The SMILES string of the molecule is Cc1cc(CNC(=O)C(CCCNC(=O)OCc2ccccc2)NC(=O)C2CCCN2C(=O)OC(C)(C)C)cc(C)c1O. The Hall–Kier alpha value is -4.28. The summed E-state index contributed by atoms with van der Waals surface area (Å²) in [5.74, 6) is -0.624. The molecule has 1 aliphatic rings. The van der Waals surface area contributed by atoms with E-state index in [9.17, 15) is 24.3 Å². The van der Waals surface area contributed by atoms with Gasteiger partial charge in [0.2, 0.25) is 11.8 Å². The van der Waals surface area contributed by atoms with Crippen molar-refractivity contribution in [2.75, 3.05) is 13.1 Å². The van der Waals surface area contributed by atoms with E-state index >= 15 is 0 Å². The van der Waals surface area contributed by atoms with Crippen molar-refractivity contribution >= 4 is 24.0 Å². The molecule has 2 aromatic rings. The van der Waals surface area contributed by atoms with Gasteiger partial charge in [-0.2, -0.15) is 0 Å². The van der Waals surface area contributed by atoms with Crippen LogP contribution in [0.4, 0.5) is 9.59 Å². The van der Waals surface area contributed by atoms with E-state index in [2.05, 4.69) is 16.0 Å². The van der Waals surface area contributed by atoms with Gasteiger partial charge < -0.3 is 30.5 Å². The first-order chi connectivity index (χ1) is 20.3. The van der Waals surface area contributed by atoms with Crippen LogP contribution in [0, 0.1) is 13.8 Å². The summed E-state index contributed by atoms with van der Waals surface area (Å²) in [6, 6.07) is 11.2. The second kappa shape index (κ2) is 15.3. The lowest BCUT2D eigenvalue weighted by Gasteiger charge is -2.29. The van der Waals surface area contributed by atoms with E-state index < -0.39 is 41.7 Å². The number of nitrogens with zero attached hydrogens (tertiary/aromatic N) is 1. The highest BCUT2D eigenvalue weighted by Crippen LogP contribution is 2.23. The minimum absolute atomic E-state index is 0.138. The summed E-state index contributed by atoms with van der Waals surface area (Å²) in [5.41, 5.74) is 2.36. The fourth-order valence-electron chi connectivity index (χ4n) is 4.85. The first-order valence-corrected chi connectivity index (χ1v) is 14.7. The summed E-state index contributed by atoms with van der Waals surface area (Å²) in [6.45, 7) is 9.82. The van der Waals surface area contributed by atoms with Crippen LogP contribution in [0.25, 0.3) is 0 Å². The molecule has 1 aliphatic heterocycles. The third kappa shape index (κ3) is 10.5. The van der Waals surface area contributed by atoms with Crippen LogP contribution in [0.5, 0.6) is 5.75 Å². The topological polar surface area (TPSA) is 146 Å². The smallest absolute Gasteiger partial charge is 0.410 e. The molecule has 2 atom stereocenters. The van der Waals surface area contributed by atoms with Crippen LogP contribution in [0.15, 0.2) is 42.5 Å². The van der Waals surface area contributed by atoms with Gasteiger partial charge in [-0.3, -0.25) is 14.5 Å². The highest BCUT2D eigenvalue weighted by Gasteiger charge is 2.38. The quantitative estimate of drug-likeness (QED) is 0.284. The van der Waals surface area contributed by atoms with Gasteiger partial charge in [-0.25, -0.2) is 9.59 Å². The lowest BCUT2D eigenvalue weighted by molar-refractivity contribution is -0.131. The highest BCUT2D eigenvalue weighted by atomic mass is 16.6. The second-order valence-electron chi connectivity index (χ2n) is 11.8. The van der Waals surface area contributed by atoms with E-state index in [1.807, 2.05) is 30.3 Å². The van der Waals surface area contributed by atoms with Crippen molar-refractivity contribution in [3.05, 3.63) is 64.7 Å². The number of likely N-dealkylation sites (tertiary alicyclic amines) is 1. The molecule has 4 amide bonds. The predicted octanol–water partition coefficient (Wildman–Crippen LogP) is 4.22. The lowest BCUT2D eigenvalue weighted by atomic mass is 10.1. The molecule has 0 aromatic heterocycles. The number of aromatic hydroxyl groups is 1. The molecule has 4 N–H and O–H groups in total. The van der Waals surface area contributed by atoms with E-state index in [-0.39, 0.29) is 31.9 Å². The number of nitrogens with one attached hydrogen (secondary N) is 3. The van der Waals surface area contributed by atoms with Gasteiger partial charge in [0.25, 0.3) is 0 Å². The number of alkyl carbamates (subject to hydrolysis) is 1. The molecule has 1 fully saturated rings. The minimum atomic E-state index is -0.907. The Labute approximate surface area is 253 Å². The molecule has 11 nitrogen and oxygen atoms in total. The van der Waals surface area contributed by atoms with Crippen molar-refractivity contribution in [1.82, 2.24) is 20.9 Å². The van der Waals surface area contributed by atoms with Crippen molar-refractivity contribution in [3.8, 4) is 5.75 Å². The average molecular weight is 597 g/mol. The Morgan fingerprint density at radius 2 is 1.70 bits per heavy atom. The van der Waals surface area contributed by atoms with Gasteiger partial charge in [0, 0.05) is 19.6 Å². The molecule has 0 saturated carbocycles. The van der Waals surface area contributed by atoms with Crippen LogP contribution in [0.3, 0.4) is 0 Å². The Bertz CT molecular complexity index is 1250. The molecule has 43 heavy (non-hydrogen) atoms. The van der Waals surface area contributed by atoms with Crippen molar-refractivity contribution in [3.63, 3.8) is 0 Å². The van der Waals surface area contributed by atoms with E-state index in [4.69, 9.17) is 9.47 Å². The van der Waals surface area contributed by atoms with Gasteiger partial charge in [0.15, 0.2) is 0 Å². The largest absolute Gasteiger partial charge is 0.507 e. The molecule has 3 rings (SSSR count). The number of aryl methyl sites for hydroxylation is 2. The van der Waals surface area contributed by atoms with E-state index in [0.29, 0.717) is 36.9 Å². The van der Waals surface area contributed by atoms with Gasteiger partial charge in [-0.05, 0) is 82.6 Å². The molecule has 0 radical (unpaired) electrons. The van der Waals surface area contributed by atoms with Crippen molar-refractivity contribution in [1.29, 1.82) is 0 Å². The zero-order valence-electron chi connectivity index (χ0n) is 25.7. The van der Waals surface area contributed by atoms with Crippen LogP contribution < -0.4 is 16.0 Å². The van der Waals surface area contributed by atoms with Crippen molar-refractivity contribution < 1.29 is 33.8 Å². The maximum absolute atomic E-state index is 13.3. The monoisotopic (exact) mass is 596 g/mol. The summed E-state index contributed by atoms with van der Waals surface area (Å²) in [4.78, 5) is 52.9. The molecule has 1 saturated heterocycles. The number of ether oxygens (including phenoxy) is 2. The number of amides is 4. The second-order valence-corrected chi connectivity index (χ2v) is 11.8. The standard InChI is InChI=1S/C32H44N4O7/c1-21-17-24(18-22(2)27(21)37)19-34-28(38)25(13-9-15-33-30(40)42-20-23-11-7-6-8-12-23)35-29(39)26-14-10-16-36(26)31(41)43-32(3,4)5/h6-8,11-12,17-18,25-26,37H,9-10,13-16,19-20H2,1-5H3,(H,33,40)(H,34,38)(H,35,39). The fraction of sp³-hybridized carbons (Fsp3) is 0.500. The molecule has 0 bridgehead atoms. The van der Waals surface area contributed by atoms with Crippen LogP contribution in [0.1, 0.15) is 68.7 Å². The molecule has 2 aromatic carbocycles. The molecule has 11 heteroatoms. The maximum Gasteiger partial charge on any atom is 0.410 e. The Morgan fingerprint density at radius 1 is 1.02 bits per heavy atom. The van der Waals surface area contributed by atoms with Crippen LogP contribution in [-0.2, 0) is 32.2 Å². The molecule has 0 aliphatic carbocycles. The number of phenols is 1. The summed E-state index contributed by atoms with van der Waals surface area (Å²) in [7, 11) is 0. The summed E-state index contributed by atoms with van der Waals surface area (Å²) >= 11 is 0. The number of rotatable bonds is 11. The molecular formula is C32H44N4O7. The molecule has 1 heterocycles. The number of carbonyl (C=O) groups is 4. The first-order valence-electron chi connectivity index (χ1n) is 14.7. The minimum Gasteiger partial charge on any atom is -0.507 e. The zero-order chi connectivity index (χ0) is 31.6. The Kier molecular flexibility index (Phi) is 11.8. The third-order valence-corrected chi connectivity index (χ3v) is 6.99. The van der Waals surface area contributed by atoms with E-state index in [0.717, 1.165) is 11.1 Å². The Balaban J connectivity index is 1.60. The fourth-order valence-corrected chi connectivity index (χ4v) is 4.85. The van der Waals surface area contributed by atoms with E-state index in [1.165, 1.54) is 4.90 Å². The Morgan fingerprint density at radius 3 is 2.35 bits per heavy atom. The molecule has 0 spiro atoms. The number of carbonyl (C=O) groups excluding carboxylic acids is 4. The van der Waals surface area contributed by atoms with Crippen LogP contribution in [0.2, 0.25) is 0 Å². The number of hydrogen-bond acceptors (Lipinski definition) is 7. The van der Waals surface area contributed by atoms with Gasteiger partial charge in [0.05, 0.1) is 0 Å². The average Bonchev–Trinajstić information content (AvgIpc) is 3.45.